The molecule has 2 saturated heterocycles. The van der Waals surface area contributed by atoms with Crippen LogP contribution in [0.25, 0.3) is 33.6 Å². The van der Waals surface area contributed by atoms with Crippen LogP contribution in [-0.4, -0.2) is 60.9 Å². The smallest absolute Gasteiger partial charge is 0.224 e. The lowest BCUT2D eigenvalue weighted by atomic mass is 9.79. The van der Waals surface area contributed by atoms with Crippen LogP contribution >= 0.6 is 23.2 Å². The number of hydrogen-bond acceptors (Lipinski definition) is 7. The van der Waals surface area contributed by atoms with E-state index in [1.165, 1.54) is 7.11 Å². The average Bonchev–Trinajstić information content (AvgIpc) is 3.39. The third kappa shape index (κ3) is 5.11. The van der Waals surface area contributed by atoms with E-state index >= 15 is 0 Å². The Balaban J connectivity index is 1.29. The molecule has 8 nitrogen and oxygen atoms in total. The lowest BCUT2D eigenvalue weighted by Gasteiger charge is -2.47. The Kier molecular flexibility index (Phi) is 7.62. The molecule has 2 aliphatic rings. The lowest BCUT2D eigenvalue weighted by Crippen LogP contribution is -2.56. The number of amides is 1. The molecule has 4 heterocycles. The van der Waals surface area contributed by atoms with E-state index in [1.54, 1.807) is 25.4 Å². The number of ether oxygens (including phenoxy) is 2. The summed E-state index contributed by atoms with van der Waals surface area (Å²) in [6.45, 7) is 3.25. The summed E-state index contributed by atoms with van der Waals surface area (Å²) < 4.78 is 11.0. The number of pyridine rings is 2. The molecule has 10 heteroatoms. The number of benzene rings is 2. The Hall–Kier alpha value is -3.98. The Labute approximate surface area is 253 Å². The molecule has 0 aliphatic carbocycles. The van der Waals surface area contributed by atoms with Gasteiger partial charge in [-0.05, 0) is 24.3 Å². The van der Waals surface area contributed by atoms with Crippen molar-refractivity contribution >= 4 is 35.4 Å². The van der Waals surface area contributed by atoms with Crippen LogP contribution in [0, 0.1) is 5.41 Å². The van der Waals surface area contributed by atoms with Gasteiger partial charge in [0, 0.05) is 72.0 Å². The van der Waals surface area contributed by atoms with Crippen LogP contribution in [0.15, 0.2) is 60.8 Å². The highest BCUT2D eigenvalue weighted by molar-refractivity contribution is 6.39. The van der Waals surface area contributed by atoms with Crippen LogP contribution in [-0.2, 0) is 11.3 Å². The molecule has 214 valence electrons. The standard InChI is InChI=1S/C32H28Cl2N4O4/c1-41-26-12-19(6-7-20(26)14-38-17-32(18-38)13-27(40)36-16-32)30-29(34)23(10-11-35-30)22-4-3-5-24(28(22)33)25-9-8-21(15-39)31(37-25)42-2/h3-12,15H,13-14,16-18H2,1-2H3,(H,36,40). The number of nitrogens with zero attached hydrogens (tertiary/aromatic N) is 3. The fourth-order valence-electron chi connectivity index (χ4n) is 5.90. The van der Waals surface area contributed by atoms with Gasteiger partial charge in [-0.1, -0.05) is 53.5 Å². The number of methoxy groups -OCH3 is 2. The number of aromatic nitrogens is 2. The first-order chi connectivity index (χ1) is 20.3. The van der Waals surface area contributed by atoms with Gasteiger partial charge in [0.05, 0.1) is 41.2 Å². The fraction of sp³-hybridized carbons (Fsp3) is 0.250. The van der Waals surface area contributed by atoms with Crippen molar-refractivity contribution in [3.8, 4) is 45.3 Å². The van der Waals surface area contributed by atoms with E-state index in [2.05, 4.69) is 20.2 Å². The molecule has 0 unspecified atom stereocenters. The molecule has 1 amide bonds. The van der Waals surface area contributed by atoms with Gasteiger partial charge >= 0.3 is 0 Å². The van der Waals surface area contributed by atoms with Crippen LogP contribution in [0.3, 0.4) is 0 Å². The topological polar surface area (TPSA) is 93.7 Å². The van der Waals surface area contributed by atoms with Crippen molar-refractivity contribution in [3.05, 3.63) is 82.0 Å². The molecule has 0 radical (unpaired) electrons. The minimum Gasteiger partial charge on any atom is -0.496 e. The minimum absolute atomic E-state index is 0.0712. The number of aldehydes is 1. The molecular formula is C32H28Cl2N4O4. The van der Waals surface area contributed by atoms with E-state index < -0.39 is 0 Å². The van der Waals surface area contributed by atoms with E-state index in [0.29, 0.717) is 45.3 Å². The normalized spacial score (nSPS) is 15.8. The minimum atomic E-state index is 0.0712. The first-order valence-electron chi connectivity index (χ1n) is 13.4. The maximum absolute atomic E-state index is 11.7. The summed E-state index contributed by atoms with van der Waals surface area (Å²) in [5, 5.41) is 3.87. The molecule has 1 spiro atoms. The SMILES string of the molecule is COc1cc(-c2nccc(-c3cccc(-c4ccc(C=O)c(OC)n4)c3Cl)c2Cl)ccc1CN1CC2(CNC(=O)C2)C1. The number of likely N-dealkylation sites (tertiary alicyclic amines) is 1. The maximum Gasteiger partial charge on any atom is 0.224 e. The van der Waals surface area contributed by atoms with Gasteiger partial charge in [0.1, 0.15) is 5.75 Å². The van der Waals surface area contributed by atoms with Crippen molar-refractivity contribution in [1.29, 1.82) is 0 Å². The van der Waals surface area contributed by atoms with Crippen LogP contribution < -0.4 is 14.8 Å². The first kappa shape index (κ1) is 28.2. The van der Waals surface area contributed by atoms with E-state index in [9.17, 15) is 9.59 Å². The van der Waals surface area contributed by atoms with Crippen molar-refractivity contribution in [2.75, 3.05) is 33.9 Å². The summed E-state index contributed by atoms with van der Waals surface area (Å²) in [5.41, 5.74) is 5.59. The molecule has 0 atom stereocenters. The summed E-state index contributed by atoms with van der Waals surface area (Å²) in [5.74, 6) is 1.11. The summed E-state index contributed by atoms with van der Waals surface area (Å²) in [4.78, 5) is 34.4. The molecule has 6 rings (SSSR count). The molecule has 2 fully saturated rings. The summed E-state index contributed by atoms with van der Waals surface area (Å²) in [6, 6.07) is 16.8. The van der Waals surface area contributed by atoms with Crippen LogP contribution in [0.4, 0.5) is 0 Å². The highest BCUT2D eigenvalue weighted by Gasteiger charge is 2.47. The van der Waals surface area contributed by atoms with Gasteiger partial charge in [0.25, 0.3) is 0 Å². The molecular weight excluding hydrogens is 575 g/mol. The number of halogens is 2. The lowest BCUT2D eigenvalue weighted by molar-refractivity contribution is -0.120. The predicted octanol–water partition coefficient (Wildman–Crippen LogP) is 5.94. The van der Waals surface area contributed by atoms with Crippen molar-refractivity contribution in [2.45, 2.75) is 13.0 Å². The zero-order chi connectivity index (χ0) is 29.4. The number of carbonyl (C=O) groups excluding carboxylic acids is 2. The van der Waals surface area contributed by atoms with Crippen molar-refractivity contribution in [3.63, 3.8) is 0 Å². The van der Waals surface area contributed by atoms with Crippen LogP contribution in [0.1, 0.15) is 22.3 Å². The number of hydrogen-bond donors (Lipinski definition) is 1. The summed E-state index contributed by atoms with van der Waals surface area (Å²) in [7, 11) is 3.12. The van der Waals surface area contributed by atoms with E-state index in [-0.39, 0.29) is 17.2 Å². The van der Waals surface area contributed by atoms with Crippen molar-refractivity contribution in [2.24, 2.45) is 5.41 Å². The Morgan fingerprint density at radius 2 is 1.79 bits per heavy atom. The molecule has 2 aliphatic heterocycles. The number of nitrogens with one attached hydrogen (secondary N) is 1. The van der Waals surface area contributed by atoms with Crippen LogP contribution in [0.2, 0.25) is 10.0 Å². The highest BCUT2D eigenvalue weighted by Crippen LogP contribution is 2.43. The molecule has 4 aromatic rings. The van der Waals surface area contributed by atoms with Gasteiger partial charge in [-0.3, -0.25) is 19.5 Å². The van der Waals surface area contributed by atoms with Gasteiger partial charge in [-0.2, -0.15) is 0 Å². The number of carbonyl (C=O) groups is 2. The second-order valence-electron chi connectivity index (χ2n) is 10.7. The first-order valence-corrected chi connectivity index (χ1v) is 14.2. The predicted molar refractivity (Wildman–Crippen MR) is 162 cm³/mol. The third-order valence-electron chi connectivity index (χ3n) is 7.93. The monoisotopic (exact) mass is 602 g/mol. The Morgan fingerprint density at radius 1 is 1.00 bits per heavy atom. The second kappa shape index (κ2) is 11.4. The average molecular weight is 604 g/mol. The zero-order valence-corrected chi connectivity index (χ0v) is 24.6. The molecule has 0 saturated carbocycles. The third-order valence-corrected chi connectivity index (χ3v) is 8.72. The molecule has 2 aromatic carbocycles. The van der Waals surface area contributed by atoms with E-state index in [1.807, 2.05) is 42.5 Å². The molecule has 0 bridgehead atoms. The van der Waals surface area contributed by atoms with Crippen molar-refractivity contribution in [1.82, 2.24) is 20.2 Å². The molecule has 1 N–H and O–H groups in total. The van der Waals surface area contributed by atoms with Gasteiger partial charge in [-0.25, -0.2) is 4.98 Å². The second-order valence-corrected chi connectivity index (χ2v) is 11.5. The van der Waals surface area contributed by atoms with Gasteiger partial charge in [-0.15, -0.1) is 0 Å². The van der Waals surface area contributed by atoms with Gasteiger partial charge in [0.15, 0.2) is 6.29 Å². The summed E-state index contributed by atoms with van der Waals surface area (Å²) >= 11 is 13.9. The summed E-state index contributed by atoms with van der Waals surface area (Å²) in [6.07, 6.45) is 3.01. The Morgan fingerprint density at radius 3 is 2.50 bits per heavy atom. The molecule has 42 heavy (non-hydrogen) atoms. The van der Waals surface area contributed by atoms with Gasteiger partial charge < -0.3 is 14.8 Å². The largest absolute Gasteiger partial charge is 0.496 e. The Bertz CT molecular complexity index is 1700. The van der Waals surface area contributed by atoms with Crippen LogP contribution in [0.5, 0.6) is 11.6 Å². The van der Waals surface area contributed by atoms with E-state index in [4.69, 9.17) is 32.7 Å². The highest BCUT2D eigenvalue weighted by atomic mass is 35.5. The fourth-order valence-corrected chi connectivity index (χ4v) is 6.55. The quantitative estimate of drug-likeness (QED) is 0.250. The zero-order valence-electron chi connectivity index (χ0n) is 23.1. The molecule has 2 aromatic heterocycles. The van der Waals surface area contributed by atoms with E-state index in [0.717, 1.165) is 54.2 Å². The maximum atomic E-state index is 11.7. The number of rotatable bonds is 8. The van der Waals surface area contributed by atoms with Gasteiger partial charge in [0.2, 0.25) is 11.8 Å². The van der Waals surface area contributed by atoms with Crippen molar-refractivity contribution < 1.29 is 19.1 Å².